The van der Waals surface area contributed by atoms with Crippen molar-refractivity contribution in [2.24, 2.45) is 5.73 Å². The van der Waals surface area contributed by atoms with E-state index in [1.807, 2.05) is 48.7 Å². The van der Waals surface area contributed by atoms with Crippen molar-refractivity contribution < 1.29 is 23.9 Å². The topological polar surface area (TPSA) is 155 Å². The number of primary amides is 1. The lowest BCUT2D eigenvalue weighted by molar-refractivity contribution is 0.0995. The molecule has 1 aliphatic heterocycles. The summed E-state index contributed by atoms with van der Waals surface area (Å²) < 4.78 is 14.9. The molecule has 12 nitrogen and oxygen atoms in total. The van der Waals surface area contributed by atoms with E-state index in [4.69, 9.17) is 15.2 Å². The highest BCUT2D eigenvalue weighted by atomic mass is 16.5. The van der Waals surface area contributed by atoms with Gasteiger partial charge in [0, 0.05) is 18.7 Å². The van der Waals surface area contributed by atoms with Gasteiger partial charge in [0.1, 0.15) is 30.2 Å². The first-order valence-corrected chi connectivity index (χ1v) is 13.6. The Morgan fingerprint density at radius 2 is 1.95 bits per heavy atom. The summed E-state index contributed by atoms with van der Waals surface area (Å²) in [5.41, 5.74) is 9.08. The fourth-order valence-corrected chi connectivity index (χ4v) is 4.97. The number of imidazole rings is 1. The Bertz CT molecular complexity index is 1580. The quantitative estimate of drug-likeness (QED) is 0.235. The van der Waals surface area contributed by atoms with Gasteiger partial charge in [0.25, 0.3) is 5.91 Å². The van der Waals surface area contributed by atoms with Gasteiger partial charge in [-0.05, 0) is 56.9 Å². The zero-order valence-electron chi connectivity index (χ0n) is 23.1. The first kappa shape index (κ1) is 27.7. The molecule has 12 heteroatoms. The Morgan fingerprint density at radius 3 is 2.71 bits per heavy atom. The van der Waals surface area contributed by atoms with E-state index in [9.17, 15) is 14.4 Å². The monoisotopic (exact) mass is 559 g/mol. The van der Waals surface area contributed by atoms with Crippen LogP contribution in [0.25, 0.3) is 11.0 Å². The lowest BCUT2D eigenvalue weighted by Gasteiger charge is -2.27. The molecule has 41 heavy (non-hydrogen) atoms. The van der Waals surface area contributed by atoms with Gasteiger partial charge in [-0.25, -0.2) is 9.78 Å². The van der Waals surface area contributed by atoms with E-state index in [1.165, 1.54) is 0 Å². The van der Waals surface area contributed by atoms with E-state index in [0.29, 0.717) is 54.5 Å². The van der Waals surface area contributed by atoms with Crippen molar-refractivity contribution in [2.45, 2.75) is 52.3 Å². The van der Waals surface area contributed by atoms with Crippen LogP contribution in [0.3, 0.4) is 0 Å². The van der Waals surface area contributed by atoms with Gasteiger partial charge in [0.2, 0.25) is 11.9 Å². The van der Waals surface area contributed by atoms with E-state index in [2.05, 4.69) is 20.7 Å². The van der Waals surface area contributed by atoms with Crippen molar-refractivity contribution in [3.8, 4) is 5.75 Å². The molecule has 0 radical (unpaired) electrons. The number of aromatic nitrogens is 4. The minimum absolute atomic E-state index is 0.134. The maximum atomic E-state index is 13.3. The van der Waals surface area contributed by atoms with E-state index in [-0.39, 0.29) is 24.1 Å². The van der Waals surface area contributed by atoms with Gasteiger partial charge in [-0.15, -0.1) is 0 Å². The molecule has 5 rings (SSSR count). The largest absolute Gasteiger partial charge is 0.489 e. The molecule has 0 aliphatic carbocycles. The summed E-state index contributed by atoms with van der Waals surface area (Å²) in [6.45, 7) is 5.29. The van der Waals surface area contributed by atoms with E-state index in [0.717, 1.165) is 24.1 Å². The number of rotatable bonds is 11. The Morgan fingerprint density at radius 1 is 1.15 bits per heavy atom. The number of unbranched alkanes of at least 4 members (excludes halogenated alkanes) is 1. The molecule has 1 atom stereocenters. The number of amides is 3. The molecule has 1 aliphatic rings. The molecule has 4 N–H and O–H groups in total. The summed E-state index contributed by atoms with van der Waals surface area (Å²) in [4.78, 5) is 41.9. The predicted octanol–water partition coefficient (Wildman–Crippen LogP) is 3.94. The van der Waals surface area contributed by atoms with Crippen molar-refractivity contribution in [3.05, 3.63) is 71.0 Å². The van der Waals surface area contributed by atoms with Gasteiger partial charge < -0.3 is 25.1 Å². The number of nitrogens with two attached hydrogens (primary N) is 1. The molecule has 0 saturated carbocycles. The summed E-state index contributed by atoms with van der Waals surface area (Å²) in [7, 11) is 0. The molecule has 0 spiro atoms. The number of anilines is 1. The summed E-state index contributed by atoms with van der Waals surface area (Å²) in [6, 6.07) is 14.3. The second kappa shape index (κ2) is 12.1. The van der Waals surface area contributed by atoms with Crippen molar-refractivity contribution in [1.82, 2.24) is 24.6 Å². The first-order chi connectivity index (χ1) is 19.8. The fraction of sp³-hybridized carbons (Fsp3) is 0.345. The van der Waals surface area contributed by atoms with Gasteiger partial charge in [-0.2, -0.15) is 5.10 Å². The lowest BCUT2D eigenvalue weighted by Crippen LogP contribution is -2.27. The number of alkyl carbamates (subject to hydrolysis) is 1. The molecule has 214 valence electrons. The third-order valence-electron chi connectivity index (χ3n) is 6.94. The fourth-order valence-electron chi connectivity index (χ4n) is 4.97. The highest BCUT2D eigenvalue weighted by Crippen LogP contribution is 2.38. The first-order valence-electron chi connectivity index (χ1n) is 13.6. The van der Waals surface area contributed by atoms with Crippen LogP contribution in [-0.2, 0) is 17.9 Å². The van der Waals surface area contributed by atoms with Crippen LogP contribution in [0.5, 0.6) is 5.75 Å². The smallest absolute Gasteiger partial charge is 0.407 e. The predicted molar refractivity (Wildman–Crippen MR) is 152 cm³/mol. The minimum Gasteiger partial charge on any atom is -0.489 e. The van der Waals surface area contributed by atoms with Crippen LogP contribution in [0.15, 0.2) is 48.5 Å². The zero-order valence-corrected chi connectivity index (χ0v) is 23.1. The number of carbonyl (C=O) groups excluding carboxylic acids is 3. The molecule has 3 amide bonds. The van der Waals surface area contributed by atoms with Crippen LogP contribution in [-0.4, -0.2) is 50.4 Å². The number of benzene rings is 2. The third kappa shape index (κ3) is 6.16. The number of hydrogen-bond donors (Lipinski definition) is 3. The molecule has 0 bridgehead atoms. The second-order valence-corrected chi connectivity index (χ2v) is 9.90. The van der Waals surface area contributed by atoms with Crippen LogP contribution in [0.1, 0.15) is 64.3 Å². The number of ether oxygens (including phenoxy) is 2. The zero-order chi connectivity index (χ0) is 28.9. The average Bonchev–Trinajstić information content (AvgIpc) is 3.54. The van der Waals surface area contributed by atoms with Crippen LogP contribution in [0.2, 0.25) is 0 Å². The number of aryl methyl sites for hydroxylation is 2. The number of hydrogen-bond acceptors (Lipinski definition) is 7. The number of carbonyl (C=O) groups is 3. The molecule has 3 heterocycles. The van der Waals surface area contributed by atoms with Crippen molar-refractivity contribution in [2.75, 3.05) is 18.5 Å². The minimum atomic E-state index is -0.592. The van der Waals surface area contributed by atoms with Gasteiger partial charge in [0.15, 0.2) is 0 Å². The van der Waals surface area contributed by atoms with E-state index in [1.54, 1.807) is 22.9 Å². The van der Waals surface area contributed by atoms with E-state index < -0.39 is 12.0 Å². The number of nitrogens with zero attached hydrogens (tertiary/aromatic N) is 4. The second-order valence-electron chi connectivity index (χ2n) is 9.90. The van der Waals surface area contributed by atoms with Crippen molar-refractivity contribution >= 4 is 34.9 Å². The summed E-state index contributed by atoms with van der Waals surface area (Å²) in [6.07, 6.45) is 1.74. The lowest BCUT2D eigenvalue weighted by atomic mass is 10.1. The van der Waals surface area contributed by atoms with Crippen molar-refractivity contribution in [3.63, 3.8) is 0 Å². The van der Waals surface area contributed by atoms with Crippen molar-refractivity contribution in [1.29, 1.82) is 0 Å². The Balaban J connectivity index is 1.27. The molecule has 2 aromatic carbocycles. The Kier molecular flexibility index (Phi) is 8.18. The van der Waals surface area contributed by atoms with Crippen LogP contribution >= 0.6 is 0 Å². The maximum absolute atomic E-state index is 13.3. The Labute approximate surface area is 236 Å². The summed E-state index contributed by atoms with van der Waals surface area (Å²) in [5.74, 6) is -0.0895. The standard InChI is InChI=1S/C29H33N7O5/c1-3-35-23(13-18(2)34-35)27(38)33-28-32-22-14-20(26(30)37)15-24-25(22)36(28)21(17-40-24)11-7-8-12-31-29(39)41-16-19-9-5-4-6-10-19/h4-6,9-10,13-15,21H,3,7-8,11-12,16-17H2,1-2H3,(H2,30,37)(H,31,39)(H,32,33,38)/t21-/m0/s1. The maximum Gasteiger partial charge on any atom is 0.407 e. The van der Waals surface area contributed by atoms with Crippen LogP contribution < -0.4 is 21.1 Å². The molecular formula is C29H33N7O5. The Hall–Kier alpha value is -4.87. The summed E-state index contributed by atoms with van der Waals surface area (Å²) in [5, 5.41) is 10.1. The van der Waals surface area contributed by atoms with E-state index >= 15 is 0 Å². The highest BCUT2D eigenvalue weighted by Gasteiger charge is 2.29. The highest BCUT2D eigenvalue weighted by molar-refractivity contribution is 6.04. The van der Waals surface area contributed by atoms with Crippen LogP contribution in [0.4, 0.5) is 10.7 Å². The van der Waals surface area contributed by atoms with Gasteiger partial charge in [-0.1, -0.05) is 30.3 Å². The summed E-state index contributed by atoms with van der Waals surface area (Å²) >= 11 is 0. The molecule has 2 aromatic heterocycles. The number of nitrogens with one attached hydrogen (secondary N) is 2. The SMILES string of the molecule is CCn1nc(C)cc1C(=O)Nc1nc2cc(C(N)=O)cc3c2n1[C@@H](CCCCNC(=O)OCc1ccccc1)CO3. The van der Waals surface area contributed by atoms with Crippen LogP contribution in [0, 0.1) is 6.92 Å². The normalized spacial score (nSPS) is 14.0. The third-order valence-corrected chi connectivity index (χ3v) is 6.94. The van der Waals surface area contributed by atoms with Gasteiger partial charge in [-0.3, -0.25) is 19.6 Å². The molecule has 0 fully saturated rings. The van der Waals surface area contributed by atoms with Gasteiger partial charge in [0.05, 0.1) is 17.3 Å². The molecule has 4 aromatic rings. The molecule has 0 unspecified atom stereocenters. The molecular weight excluding hydrogens is 526 g/mol. The van der Waals surface area contributed by atoms with Gasteiger partial charge >= 0.3 is 6.09 Å². The molecule has 0 saturated heterocycles. The average molecular weight is 560 g/mol.